The molecule has 1 saturated heterocycles. The molecule has 1 aromatic rings. The SMILES string of the molecule is NS(=O)(=O)c1cccc(CN2CCCCC2)c1. The lowest BCUT2D eigenvalue weighted by Crippen LogP contribution is -2.29. The minimum atomic E-state index is -3.58. The molecule has 0 amide bonds. The maximum Gasteiger partial charge on any atom is 0.238 e. The van der Waals surface area contributed by atoms with Crippen molar-refractivity contribution < 1.29 is 8.42 Å². The second-order valence-electron chi connectivity index (χ2n) is 4.53. The summed E-state index contributed by atoms with van der Waals surface area (Å²) in [5.74, 6) is 0. The molecule has 0 saturated carbocycles. The van der Waals surface area contributed by atoms with E-state index in [-0.39, 0.29) is 4.90 Å². The quantitative estimate of drug-likeness (QED) is 0.885. The first-order valence-electron chi connectivity index (χ1n) is 5.90. The fraction of sp³-hybridized carbons (Fsp3) is 0.500. The molecule has 0 atom stereocenters. The van der Waals surface area contributed by atoms with Gasteiger partial charge in [-0.15, -0.1) is 0 Å². The Morgan fingerprint density at radius 2 is 1.88 bits per heavy atom. The monoisotopic (exact) mass is 254 g/mol. The van der Waals surface area contributed by atoms with Crippen molar-refractivity contribution in [3.63, 3.8) is 0 Å². The van der Waals surface area contributed by atoms with Gasteiger partial charge in [-0.05, 0) is 43.6 Å². The molecule has 4 nitrogen and oxygen atoms in total. The molecule has 0 aromatic heterocycles. The van der Waals surface area contributed by atoms with E-state index in [4.69, 9.17) is 5.14 Å². The van der Waals surface area contributed by atoms with Gasteiger partial charge >= 0.3 is 0 Å². The first-order valence-corrected chi connectivity index (χ1v) is 7.44. The summed E-state index contributed by atoms with van der Waals surface area (Å²) in [4.78, 5) is 2.55. The first kappa shape index (κ1) is 12.5. The molecule has 2 rings (SSSR count). The number of sulfonamides is 1. The van der Waals surface area contributed by atoms with Crippen LogP contribution < -0.4 is 5.14 Å². The third-order valence-corrected chi connectivity index (χ3v) is 3.99. The van der Waals surface area contributed by atoms with Gasteiger partial charge in [-0.25, -0.2) is 13.6 Å². The largest absolute Gasteiger partial charge is 0.299 e. The van der Waals surface area contributed by atoms with E-state index in [1.807, 2.05) is 6.07 Å². The highest BCUT2D eigenvalue weighted by Crippen LogP contribution is 2.15. The van der Waals surface area contributed by atoms with Gasteiger partial charge in [-0.1, -0.05) is 18.6 Å². The third-order valence-electron chi connectivity index (χ3n) is 3.08. The van der Waals surface area contributed by atoms with Crippen molar-refractivity contribution in [2.75, 3.05) is 13.1 Å². The summed E-state index contributed by atoms with van der Waals surface area (Å²) in [5.41, 5.74) is 1.01. The van der Waals surface area contributed by atoms with Crippen LogP contribution in [0.4, 0.5) is 0 Å². The molecule has 2 N–H and O–H groups in total. The summed E-state index contributed by atoms with van der Waals surface area (Å²) in [6, 6.07) is 6.90. The first-order chi connectivity index (χ1) is 8.05. The Morgan fingerprint density at radius 3 is 2.53 bits per heavy atom. The van der Waals surface area contributed by atoms with Crippen LogP contribution in [0.2, 0.25) is 0 Å². The number of primary sulfonamides is 1. The van der Waals surface area contributed by atoms with Gasteiger partial charge in [0.05, 0.1) is 4.90 Å². The summed E-state index contributed by atoms with van der Waals surface area (Å²) < 4.78 is 22.5. The van der Waals surface area contributed by atoms with Crippen LogP contribution in [0.3, 0.4) is 0 Å². The van der Waals surface area contributed by atoms with E-state index >= 15 is 0 Å². The number of likely N-dealkylation sites (tertiary alicyclic amines) is 1. The van der Waals surface area contributed by atoms with E-state index < -0.39 is 10.0 Å². The smallest absolute Gasteiger partial charge is 0.238 e. The predicted octanol–water partition coefficient (Wildman–Crippen LogP) is 1.32. The second kappa shape index (κ2) is 5.16. The van der Waals surface area contributed by atoms with Crippen molar-refractivity contribution in [1.29, 1.82) is 0 Å². The molecule has 1 heterocycles. The molecule has 0 bridgehead atoms. The van der Waals surface area contributed by atoms with Crippen LogP contribution in [-0.2, 0) is 16.6 Å². The number of hydrogen-bond donors (Lipinski definition) is 1. The molecule has 0 spiro atoms. The van der Waals surface area contributed by atoms with E-state index in [1.165, 1.54) is 25.3 Å². The number of rotatable bonds is 3. The highest BCUT2D eigenvalue weighted by molar-refractivity contribution is 7.89. The van der Waals surface area contributed by atoms with Gasteiger partial charge in [-0.2, -0.15) is 0 Å². The highest BCUT2D eigenvalue weighted by Gasteiger charge is 2.12. The number of piperidine rings is 1. The van der Waals surface area contributed by atoms with Gasteiger partial charge in [0.25, 0.3) is 0 Å². The molecular weight excluding hydrogens is 236 g/mol. The number of nitrogens with zero attached hydrogens (tertiary/aromatic N) is 1. The molecule has 1 aliphatic rings. The van der Waals surface area contributed by atoms with Crippen molar-refractivity contribution in [2.45, 2.75) is 30.7 Å². The molecular formula is C12H18N2O2S. The Kier molecular flexibility index (Phi) is 3.81. The van der Waals surface area contributed by atoms with Gasteiger partial charge in [0, 0.05) is 6.54 Å². The van der Waals surface area contributed by atoms with Crippen LogP contribution in [0.5, 0.6) is 0 Å². The maximum atomic E-state index is 11.2. The maximum absolute atomic E-state index is 11.2. The zero-order valence-corrected chi connectivity index (χ0v) is 10.6. The van der Waals surface area contributed by atoms with Crippen LogP contribution in [0.15, 0.2) is 29.2 Å². The minimum Gasteiger partial charge on any atom is -0.299 e. The molecule has 0 radical (unpaired) electrons. The van der Waals surface area contributed by atoms with Crippen molar-refractivity contribution >= 4 is 10.0 Å². The van der Waals surface area contributed by atoms with Crippen molar-refractivity contribution in [1.82, 2.24) is 4.90 Å². The van der Waals surface area contributed by atoms with Crippen LogP contribution in [0.1, 0.15) is 24.8 Å². The van der Waals surface area contributed by atoms with Gasteiger partial charge in [0.2, 0.25) is 10.0 Å². The average molecular weight is 254 g/mol. The highest BCUT2D eigenvalue weighted by atomic mass is 32.2. The van der Waals surface area contributed by atoms with Gasteiger partial charge in [0.15, 0.2) is 0 Å². The lowest BCUT2D eigenvalue weighted by molar-refractivity contribution is 0.221. The lowest BCUT2D eigenvalue weighted by atomic mass is 10.1. The van der Waals surface area contributed by atoms with Crippen LogP contribution in [0, 0.1) is 0 Å². The summed E-state index contributed by atoms with van der Waals surface area (Å²) >= 11 is 0. The zero-order chi connectivity index (χ0) is 12.3. The molecule has 5 heteroatoms. The molecule has 1 fully saturated rings. The predicted molar refractivity (Wildman–Crippen MR) is 66.9 cm³/mol. The third kappa shape index (κ3) is 3.52. The standard InChI is InChI=1S/C12H18N2O2S/c13-17(15,16)12-6-4-5-11(9-12)10-14-7-2-1-3-8-14/h4-6,9H,1-3,7-8,10H2,(H2,13,15,16). The van der Waals surface area contributed by atoms with Gasteiger partial charge < -0.3 is 0 Å². The van der Waals surface area contributed by atoms with Crippen molar-refractivity contribution in [3.05, 3.63) is 29.8 Å². The van der Waals surface area contributed by atoms with Crippen LogP contribution >= 0.6 is 0 Å². The summed E-state index contributed by atoms with van der Waals surface area (Å²) in [7, 11) is -3.58. The van der Waals surface area contributed by atoms with E-state index in [2.05, 4.69) is 4.90 Å². The van der Waals surface area contributed by atoms with E-state index in [0.29, 0.717) is 0 Å². The van der Waals surface area contributed by atoms with E-state index in [9.17, 15) is 8.42 Å². The molecule has 0 unspecified atom stereocenters. The van der Waals surface area contributed by atoms with Crippen molar-refractivity contribution in [3.8, 4) is 0 Å². The Labute approximate surface area is 102 Å². The van der Waals surface area contributed by atoms with E-state index in [0.717, 1.165) is 25.2 Å². The van der Waals surface area contributed by atoms with Gasteiger partial charge in [-0.3, -0.25) is 4.90 Å². The average Bonchev–Trinajstić information content (AvgIpc) is 2.29. The van der Waals surface area contributed by atoms with Crippen molar-refractivity contribution in [2.24, 2.45) is 5.14 Å². The Bertz CT molecular complexity index is 479. The van der Waals surface area contributed by atoms with Crippen LogP contribution in [0.25, 0.3) is 0 Å². The van der Waals surface area contributed by atoms with E-state index in [1.54, 1.807) is 12.1 Å². The summed E-state index contributed by atoms with van der Waals surface area (Å²) in [6.45, 7) is 3.00. The number of hydrogen-bond acceptors (Lipinski definition) is 3. The summed E-state index contributed by atoms with van der Waals surface area (Å²) in [6.07, 6.45) is 3.76. The van der Waals surface area contributed by atoms with Gasteiger partial charge in [0.1, 0.15) is 0 Å². The number of benzene rings is 1. The normalized spacial score (nSPS) is 18.2. The fourth-order valence-electron chi connectivity index (χ4n) is 2.20. The fourth-order valence-corrected chi connectivity index (χ4v) is 2.78. The van der Waals surface area contributed by atoms with Crippen LogP contribution in [-0.4, -0.2) is 26.4 Å². The molecule has 94 valence electrons. The molecule has 1 aromatic carbocycles. The topological polar surface area (TPSA) is 63.4 Å². The number of nitrogens with two attached hydrogens (primary N) is 1. The molecule has 0 aliphatic carbocycles. The lowest BCUT2D eigenvalue weighted by Gasteiger charge is -2.26. The Balaban J connectivity index is 2.11. The molecule has 1 aliphatic heterocycles. The minimum absolute atomic E-state index is 0.201. The second-order valence-corrected chi connectivity index (χ2v) is 6.09. The Morgan fingerprint density at radius 1 is 1.18 bits per heavy atom. The summed E-state index contributed by atoms with van der Waals surface area (Å²) in [5, 5.41) is 5.12. The molecule has 17 heavy (non-hydrogen) atoms. The zero-order valence-electron chi connectivity index (χ0n) is 9.80. The Hall–Kier alpha value is -0.910.